The molecule has 156 valence electrons. The van der Waals surface area contributed by atoms with Crippen LogP contribution in [0.4, 0.5) is 22.7 Å². The molecule has 0 spiro atoms. The zero-order chi connectivity index (χ0) is 19.7. The lowest BCUT2D eigenvalue weighted by atomic mass is 10.2. The average Bonchev–Trinajstić information content (AvgIpc) is 3.39. The molecule has 2 aliphatic heterocycles. The Labute approximate surface area is 179 Å². The topological polar surface area (TPSA) is 96.0 Å². The molecular weight excluding hydrogens is 414 g/mol. The standard InChI is InChI=1S/C19H23N5O3S.ClH/c20-15-5-12-28-18(15)19(25)23-10-8-21(9-11-23)14-3-4-16(24(26)27)17(13-14)22-6-1-2-7-22;/h3-5,12-13H,1-2,6-11,20H2;1H. The predicted octanol–water partition coefficient (Wildman–Crippen LogP) is 3.22. The van der Waals surface area contributed by atoms with Gasteiger partial charge in [0.05, 0.1) is 10.6 Å². The molecule has 4 rings (SSSR count). The number of anilines is 3. The number of carbonyl (C=O) groups is 1. The minimum absolute atomic E-state index is 0. The summed E-state index contributed by atoms with van der Waals surface area (Å²) in [4.78, 5) is 30.5. The summed E-state index contributed by atoms with van der Waals surface area (Å²) in [6.45, 7) is 4.30. The SMILES string of the molecule is Cl.Nc1ccsc1C(=O)N1CCN(c2ccc([N+](=O)[O-])c(N3CCCC3)c2)CC1. The number of nitro groups is 1. The molecule has 0 radical (unpaired) electrons. The molecule has 10 heteroatoms. The van der Waals surface area contributed by atoms with E-state index >= 15 is 0 Å². The summed E-state index contributed by atoms with van der Waals surface area (Å²) in [5, 5.41) is 13.3. The molecule has 2 aromatic rings. The molecule has 29 heavy (non-hydrogen) atoms. The highest BCUT2D eigenvalue weighted by atomic mass is 35.5. The number of hydrogen-bond donors (Lipinski definition) is 1. The highest BCUT2D eigenvalue weighted by Crippen LogP contribution is 2.35. The van der Waals surface area contributed by atoms with Gasteiger partial charge in [-0.1, -0.05) is 0 Å². The molecule has 2 saturated heterocycles. The largest absolute Gasteiger partial charge is 0.397 e. The number of piperazine rings is 1. The number of amides is 1. The highest BCUT2D eigenvalue weighted by molar-refractivity contribution is 7.12. The Kier molecular flexibility index (Phi) is 6.49. The quantitative estimate of drug-likeness (QED) is 0.582. The van der Waals surface area contributed by atoms with E-state index in [-0.39, 0.29) is 28.9 Å². The van der Waals surface area contributed by atoms with E-state index in [9.17, 15) is 14.9 Å². The molecule has 8 nitrogen and oxygen atoms in total. The first-order valence-electron chi connectivity index (χ1n) is 9.45. The van der Waals surface area contributed by atoms with Crippen molar-refractivity contribution in [1.82, 2.24) is 4.90 Å². The molecule has 0 saturated carbocycles. The molecule has 1 amide bonds. The first-order valence-corrected chi connectivity index (χ1v) is 10.3. The van der Waals surface area contributed by atoms with E-state index in [2.05, 4.69) is 9.80 Å². The Morgan fingerprint density at radius 1 is 1.03 bits per heavy atom. The number of nitrogens with two attached hydrogens (primary N) is 1. The molecule has 3 heterocycles. The molecule has 0 bridgehead atoms. The first kappa shape index (κ1) is 21.2. The lowest BCUT2D eigenvalue weighted by Gasteiger charge is -2.36. The van der Waals surface area contributed by atoms with Gasteiger partial charge >= 0.3 is 0 Å². The summed E-state index contributed by atoms with van der Waals surface area (Å²) in [6.07, 6.45) is 2.13. The van der Waals surface area contributed by atoms with Crippen LogP contribution in [-0.2, 0) is 0 Å². The van der Waals surface area contributed by atoms with E-state index in [1.165, 1.54) is 11.3 Å². The highest BCUT2D eigenvalue weighted by Gasteiger charge is 2.27. The fourth-order valence-corrected chi connectivity index (χ4v) is 4.66. The van der Waals surface area contributed by atoms with Crippen LogP contribution in [0.15, 0.2) is 29.6 Å². The van der Waals surface area contributed by atoms with Gasteiger partial charge in [0.2, 0.25) is 0 Å². The van der Waals surface area contributed by atoms with Crippen molar-refractivity contribution < 1.29 is 9.72 Å². The summed E-state index contributed by atoms with van der Waals surface area (Å²) in [5.41, 5.74) is 8.23. The van der Waals surface area contributed by atoms with Crippen LogP contribution in [0.2, 0.25) is 0 Å². The van der Waals surface area contributed by atoms with Gasteiger partial charge in [-0.25, -0.2) is 0 Å². The summed E-state index contributed by atoms with van der Waals surface area (Å²) >= 11 is 1.37. The summed E-state index contributed by atoms with van der Waals surface area (Å²) in [7, 11) is 0. The predicted molar refractivity (Wildman–Crippen MR) is 119 cm³/mol. The monoisotopic (exact) mass is 437 g/mol. The maximum atomic E-state index is 12.6. The molecule has 2 aliphatic rings. The third-order valence-corrected chi connectivity index (χ3v) is 6.34. The van der Waals surface area contributed by atoms with Gasteiger partial charge in [-0.15, -0.1) is 23.7 Å². The minimum Gasteiger partial charge on any atom is -0.397 e. The average molecular weight is 438 g/mol. The number of nitrogens with zero attached hydrogens (tertiary/aromatic N) is 4. The minimum atomic E-state index is -0.306. The maximum Gasteiger partial charge on any atom is 0.292 e. The summed E-state index contributed by atoms with van der Waals surface area (Å²) in [5.74, 6) is -0.0198. The van der Waals surface area contributed by atoms with Gasteiger partial charge in [0.1, 0.15) is 10.6 Å². The Balaban J connectivity index is 0.00000240. The second-order valence-electron chi connectivity index (χ2n) is 7.11. The van der Waals surface area contributed by atoms with Crippen LogP contribution >= 0.6 is 23.7 Å². The van der Waals surface area contributed by atoms with E-state index in [0.29, 0.717) is 42.4 Å². The molecule has 2 fully saturated rings. The number of hydrogen-bond acceptors (Lipinski definition) is 7. The van der Waals surface area contributed by atoms with Crippen molar-refractivity contribution >= 4 is 52.4 Å². The summed E-state index contributed by atoms with van der Waals surface area (Å²) < 4.78 is 0. The Morgan fingerprint density at radius 3 is 2.31 bits per heavy atom. The van der Waals surface area contributed by atoms with Crippen LogP contribution in [-0.4, -0.2) is 55.0 Å². The number of nitrogen functional groups attached to an aromatic ring is 1. The fourth-order valence-electron chi connectivity index (χ4n) is 3.88. The maximum absolute atomic E-state index is 12.6. The van der Waals surface area contributed by atoms with Crippen LogP contribution in [0.3, 0.4) is 0 Å². The van der Waals surface area contributed by atoms with Crippen molar-refractivity contribution in [2.45, 2.75) is 12.8 Å². The van der Waals surface area contributed by atoms with E-state index < -0.39 is 0 Å². The lowest BCUT2D eigenvalue weighted by Crippen LogP contribution is -2.48. The van der Waals surface area contributed by atoms with Crippen LogP contribution in [0, 0.1) is 10.1 Å². The van der Waals surface area contributed by atoms with Crippen molar-refractivity contribution in [2.24, 2.45) is 0 Å². The number of benzene rings is 1. The van der Waals surface area contributed by atoms with Gasteiger partial charge in [0.15, 0.2) is 0 Å². The molecule has 0 unspecified atom stereocenters. The van der Waals surface area contributed by atoms with Crippen LogP contribution in [0.25, 0.3) is 0 Å². The van der Waals surface area contributed by atoms with Crippen LogP contribution in [0.1, 0.15) is 22.5 Å². The number of rotatable bonds is 4. The van der Waals surface area contributed by atoms with E-state index in [1.807, 2.05) is 22.4 Å². The molecule has 1 aromatic carbocycles. The lowest BCUT2D eigenvalue weighted by molar-refractivity contribution is -0.384. The van der Waals surface area contributed by atoms with Gasteiger partial charge < -0.3 is 20.4 Å². The van der Waals surface area contributed by atoms with Crippen molar-refractivity contribution in [3.63, 3.8) is 0 Å². The summed E-state index contributed by atoms with van der Waals surface area (Å²) in [6, 6.07) is 7.10. The third-order valence-electron chi connectivity index (χ3n) is 5.42. The fraction of sp³-hybridized carbons (Fsp3) is 0.421. The molecule has 0 atom stereocenters. The second-order valence-corrected chi connectivity index (χ2v) is 8.02. The molecule has 0 aliphatic carbocycles. The zero-order valence-electron chi connectivity index (χ0n) is 16.0. The molecule has 1 aromatic heterocycles. The number of nitro benzene ring substituents is 1. The second kappa shape index (κ2) is 8.87. The smallest absolute Gasteiger partial charge is 0.292 e. The van der Waals surface area contributed by atoms with Gasteiger partial charge in [-0.3, -0.25) is 14.9 Å². The zero-order valence-corrected chi connectivity index (χ0v) is 17.6. The number of halogens is 1. The Bertz CT molecular complexity index is 892. The molecule has 2 N–H and O–H groups in total. The first-order chi connectivity index (χ1) is 13.5. The van der Waals surface area contributed by atoms with Crippen LogP contribution < -0.4 is 15.5 Å². The van der Waals surface area contributed by atoms with Crippen molar-refractivity contribution in [3.05, 3.63) is 44.6 Å². The molecular formula is C19H24ClN5O3S. The Hall–Kier alpha value is -2.52. The van der Waals surface area contributed by atoms with Gasteiger partial charge in [0, 0.05) is 51.0 Å². The van der Waals surface area contributed by atoms with Crippen molar-refractivity contribution in [3.8, 4) is 0 Å². The van der Waals surface area contributed by atoms with Gasteiger partial charge in [-0.05, 0) is 36.4 Å². The normalized spacial score (nSPS) is 16.6. The van der Waals surface area contributed by atoms with Crippen molar-refractivity contribution in [2.75, 3.05) is 54.8 Å². The number of thiophene rings is 1. The van der Waals surface area contributed by atoms with Gasteiger partial charge in [0.25, 0.3) is 11.6 Å². The van der Waals surface area contributed by atoms with Crippen LogP contribution in [0.5, 0.6) is 0 Å². The third kappa shape index (κ3) is 4.25. The van der Waals surface area contributed by atoms with E-state index in [0.717, 1.165) is 31.6 Å². The van der Waals surface area contributed by atoms with Crippen molar-refractivity contribution in [1.29, 1.82) is 0 Å². The van der Waals surface area contributed by atoms with Gasteiger partial charge in [-0.2, -0.15) is 0 Å². The Morgan fingerprint density at radius 2 is 1.72 bits per heavy atom. The van der Waals surface area contributed by atoms with E-state index in [1.54, 1.807) is 12.1 Å². The number of carbonyl (C=O) groups excluding carboxylic acids is 1. The van der Waals surface area contributed by atoms with E-state index in [4.69, 9.17) is 5.73 Å².